The van der Waals surface area contributed by atoms with E-state index in [1.54, 1.807) is 13.4 Å². The number of ether oxygens (including phenoxy) is 1. The Hall–Kier alpha value is -2.18. The summed E-state index contributed by atoms with van der Waals surface area (Å²) in [5.41, 5.74) is 8.87. The zero-order valence-corrected chi connectivity index (χ0v) is 13.7. The zero-order valence-electron chi connectivity index (χ0n) is 13.7. The van der Waals surface area contributed by atoms with Crippen molar-refractivity contribution in [3.05, 3.63) is 42.0 Å². The van der Waals surface area contributed by atoms with Crippen molar-refractivity contribution in [1.29, 1.82) is 0 Å². The van der Waals surface area contributed by atoms with Gasteiger partial charge in [0.2, 0.25) is 0 Å². The number of nitrogens with two attached hydrogens (primary N) is 1. The molecule has 6 nitrogen and oxygen atoms in total. The average Bonchev–Trinajstić information content (AvgIpc) is 2.84. The standard InChI is InChI=1S/C17H22N4O2/c1-11-12(2)21(10-19-11)15-6-4-14(5-7-15)20-16(22)17(23-3)8-13(18)9-17/h4-7,10,13H,8-9,18H2,1-3H3,(H,20,22). The Kier molecular flexibility index (Phi) is 3.95. The molecule has 1 amide bonds. The van der Waals surface area contributed by atoms with Crippen LogP contribution < -0.4 is 11.1 Å². The summed E-state index contributed by atoms with van der Waals surface area (Å²) in [4.78, 5) is 16.7. The molecule has 6 heteroatoms. The van der Waals surface area contributed by atoms with Crippen molar-refractivity contribution in [3.63, 3.8) is 0 Å². The van der Waals surface area contributed by atoms with Crippen molar-refractivity contribution in [1.82, 2.24) is 9.55 Å². The van der Waals surface area contributed by atoms with E-state index in [1.807, 2.05) is 42.7 Å². The number of nitrogens with zero attached hydrogens (tertiary/aromatic N) is 2. The molecule has 0 bridgehead atoms. The Morgan fingerprint density at radius 1 is 1.35 bits per heavy atom. The summed E-state index contributed by atoms with van der Waals surface area (Å²) in [5, 5.41) is 2.91. The summed E-state index contributed by atoms with van der Waals surface area (Å²) >= 11 is 0. The maximum Gasteiger partial charge on any atom is 0.256 e. The smallest absolute Gasteiger partial charge is 0.256 e. The number of aryl methyl sites for hydroxylation is 1. The molecule has 1 aliphatic rings. The molecular weight excluding hydrogens is 292 g/mol. The van der Waals surface area contributed by atoms with Crippen LogP contribution >= 0.6 is 0 Å². The quantitative estimate of drug-likeness (QED) is 0.903. The minimum absolute atomic E-state index is 0.0375. The molecule has 1 aromatic heterocycles. The third-order valence-corrected chi connectivity index (χ3v) is 4.64. The number of nitrogens with one attached hydrogen (secondary N) is 1. The number of imidazole rings is 1. The Morgan fingerprint density at radius 3 is 2.48 bits per heavy atom. The number of amides is 1. The van der Waals surface area contributed by atoms with Gasteiger partial charge in [0.1, 0.15) is 5.60 Å². The second-order valence-electron chi connectivity index (χ2n) is 6.15. The Labute approximate surface area is 135 Å². The number of hydrogen-bond donors (Lipinski definition) is 2. The Bertz CT molecular complexity index is 715. The van der Waals surface area contributed by atoms with E-state index in [0.29, 0.717) is 12.8 Å². The lowest BCUT2D eigenvalue weighted by Gasteiger charge is -2.43. The van der Waals surface area contributed by atoms with E-state index < -0.39 is 5.60 Å². The predicted octanol–water partition coefficient (Wildman–Crippen LogP) is 1.93. The van der Waals surface area contributed by atoms with Crippen molar-refractivity contribution in [2.24, 2.45) is 5.73 Å². The normalized spacial score (nSPS) is 23.4. The van der Waals surface area contributed by atoms with E-state index in [-0.39, 0.29) is 11.9 Å². The first-order chi connectivity index (χ1) is 10.9. The topological polar surface area (TPSA) is 82.2 Å². The zero-order chi connectivity index (χ0) is 16.6. The van der Waals surface area contributed by atoms with E-state index in [9.17, 15) is 4.79 Å². The fraction of sp³-hybridized carbons (Fsp3) is 0.412. The summed E-state index contributed by atoms with van der Waals surface area (Å²) < 4.78 is 7.40. The number of carbonyl (C=O) groups is 1. The lowest BCUT2D eigenvalue weighted by atomic mass is 9.75. The van der Waals surface area contributed by atoms with Gasteiger partial charge in [-0.3, -0.25) is 4.79 Å². The van der Waals surface area contributed by atoms with Crippen LogP contribution in [0.15, 0.2) is 30.6 Å². The molecule has 1 aliphatic carbocycles. The van der Waals surface area contributed by atoms with Crippen LogP contribution in [0.1, 0.15) is 24.2 Å². The third-order valence-electron chi connectivity index (χ3n) is 4.64. The summed E-state index contributed by atoms with van der Waals surface area (Å²) in [6.45, 7) is 4.01. The lowest BCUT2D eigenvalue weighted by Crippen LogP contribution is -2.59. The molecule has 3 N–H and O–H groups in total. The van der Waals surface area contributed by atoms with Crippen LogP contribution in [-0.2, 0) is 9.53 Å². The predicted molar refractivity (Wildman–Crippen MR) is 88.6 cm³/mol. The van der Waals surface area contributed by atoms with Gasteiger partial charge in [0.05, 0.1) is 12.0 Å². The molecule has 0 unspecified atom stereocenters. The van der Waals surface area contributed by atoms with Crippen molar-refractivity contribution in [2.45, 2.75) is 38.3 Å². The molecule has 0 spiro atoms. The van der Waals surface area contributed by atoms with Gasteiger partial charge in [0, 0.05) is 43.1 Å². The van der Waals surface area contributed by atoms with Gasteiger partial charge in [-0.1, -0.05) is 0 Å². The molecule has 0 aliphatic heterocycles. The third kappa shape index (κ3) is 2.75. The number of anilines is 1. The molecule has 2 aromatic rings. The average molecular weight is 314 g/mol. The lowest BCUT2D eigenvalue weighted by molar-refractivity contribution is -0.150. The van der Waals surface area contributed by atoms with E-state index in [2.05, 4.69) is 10.3 Å². The first-order valence-electron chi connectivity index (χ1n) is 7.68. The molecule has 0 radical (unpaired) electrons. The molecule has 1 saturated carbocycles. The van der Waals surface area contributed by atoms with E-state index in [4.69, 9.17) is 10.5 Å². The molecule has 122 valence electrons. The molecular formula is C17H22N4O2. The highest BCUT2D eigenvalue weighted by Crippen LogP contribution is 2.35. The summed E-state index contributed by atoms with van der Waals surface area (Å²) in [5.74, 6) is -0.135. The minimum atomic E-state index is -0.782. The summed E-state index contributed by atoms with van der Waals surface area (Å²) in [6, 6.07) is 7.70. The fourth-order valence-corrected chi connectivity index (χ4v) is 2.94. The highest BCUT2D eigenvalue weighted by Gasteiger charge is 2.49. The van der Waals surface area contributed by atoms with Crippen LogP contribution in [-0.4, -0.2) is 34.2 Å². The number of aromatic nitrogens is 2. The van der Waals surface area contributed by atoms with Gasteiger partial charge in [0.15, 0.2) is 0 Å². The Morgan fingerprint density at radius 2 is 2.00 bits per heavy atom. The SMILES string of the molecule is COC1(C(=O)Nc2ccc(-n3cnc(C)c3C)cc2)CC(N)C1. The van der Waals surface area contributed by atoms with E-state index >= 15 is 0 Å². The first kappa shape index (κ1) is 15.7. The van der Waals surface area contributed by atoms with Crippen LogP contribution in [0, 0.1) is 13.8 Å². The second kappa shape index (κ2) is 5.79. The largest absolute Gasteiger partial charge is 0.368 e. The van der Waals surface area contributed by atoms with Gasteiger partial charge < -0.3 is 20.4 Å². The van der Waals surface area contributed by atoms with Gasteiger partial charge in [-0.05, 0) is 38.1 Å². The van der Waals surface area contributed by atoms with Crippen molar-refractivity contribution < 1.29 is 9.53 Å². The second-order valence-corrected chi connectivity index (χ2v) is 6.15. The van der Waals surface area contributed by atoms with Crippen LogP contribution in [0.4, 0.5) is 5.69 Å². The monoisotopic (exact) mass is 314 g/mol. The highest BCUT2D eigenvalue weighted by molar-refractivity contribution is 5.98. The molecule has 1 aromatic carbocycles. The number of hydrogen-bond acceptors (Lipinski definition) is 4. The maximum atomic E-state index is 12.4. The van der Waals surface area contributed by atoms with Crippen molar-refractivity contribution >= 4 is 11.6 Å². The van der Waals surface area contributed by atoms with Gasteiger partial charge in [0.25, 0.3) is 5.91 Å². The molecule has 3 rings (SSSR count). The molecule has 0 atom stereocenters. The van der Waals surface area contributed by atoms with Gasteiger partial charge >= 0.3 is 0 Å². The first-order valence-corrected chi connectivity index (χ1v) is 7.68. The highest BCUT2D eigenvalue weighted by atomic mass is 16.5. The van der Waals surface area contributed by atoms with Crippen LogP contribution in [0.3, 0.4) is 0 Å². The fourth-order valence-electron chi connectivity index (χ4n) is 2.94. The maximum absolute atomic E-state index is 12.4. The summed E-state index contributed by atoms with van der Waals surface area (Å²) in [6.07, 6.45) is 2.91. The number of benzene rings is 1. The molecule has 1 heterocycles. The van der Waals surface area contributed by atoms with Crippen LogP contribution in [0.2, 0.25) is 0 Å². The molecule has 0 saturated heterocycles. The van der Waals surface area contributed by atoms with Crippen molar-refractivity contribution in [2.75, 3.05) is 12.4 Å². The number of rotatable bonds is 4. The van der Waals surface area contributed by atoms with Gasteiger partial charge in [-0.15, -0.1) is 0 Å². The van der Waals surface area contributed by atoms with E-state index in [0.717, 1.165) is 22.8 Å². The van der Waals surface area contributed by atoms with Crippen LogP contribution in [0.25, 0.3) is 5.69 Å². The minimum Gasteiger partial charge on any atom is -0.368 e. The molecule has 1 fully saturated rings. The Balaban J connectivity index is 1.73. The van der Waals surface area contributed by atoms with Gasteiger partial charge in [-0.2, -0.15) is 0 Å². The summed E-state index contributed by atoms with van der Waals surface area (Å²) in [7, 11) is 1.55. The molecule has 23 heavy (non-hydrogen) atoms. The van der Waals surface area contributed by atoms with Crippen LogP contribution in [0.5, 0.6) is 0 Å². The van der Waals surface area contributed by atoms with E-state index in [1.165, 1.54) is 0 Å². The van der Waals surface area contributed by atoms with Gasteiger partial charge in [-0.25, -0.2) is 4.98 Å². The number of methoxy groups -OCH3 is 1. The van der Waals surface area contributed by atoms with Crippen molar-refractivity contribution in [3.8, 4) is 5.69 Å². The number of carbonyl (C=O) groups excluding carboxylic acids is 1.